The maximum atomic E-state index is 6.14. The van der Waals surface area contributed by atoms with Gasteiger partial charge in [0.1, 0.15) is 5.82 Å². The van der Waals surface area contributed by atoms with Crippen LogP contribution in [0.5, 0.6) is 0 Å². The Morgan fingerprint density at radius 1 is 1.35 bits per heavy atom. The molecule has 0 atom stereocenters. The van der Waals surface area contributed by atoms with Gasteiger partial charge in [-0.25, -0.2) is 4.98 Å². The molecule has 0 radical (unpaired) electrons. The Balaban J connectivity index is 2.71. The zero-order chi connectivity index (χ0) is 12.7. The quantitative estimate of drug-likeness (QED) is 0.759. The first-order chi connectivity index (χ1) is 8.19. The van der Waals surface area contributed by atoms with Crippen LogP contribution in [0.3, 0.4) is 0 Å². The van der Waals surface area contributed by atoms with Crippen molar-refractivity contribution in [1.29, 1.82) is 0 Å². The van der Waals surface area contributed by atoms with Crippen LogP contribution in [0.1, 0.15) is 32.3 Å². The van der Waals surface area contributed by atoms with E-state index in [0.717, 1.165) is 48.9 Å². The molecule has 0 aliphatic carbocycles. The van der Waals surface area contributed by atoms with Crippen LogP contribution in [0.25, 0.3) is 0 Å². The van der Waals surface area contributed by atoms with E-state index in [2.05, 4.69) is 42.2 Å². The number of rotatable bonds is 7. The Morgan fingerprint density at radius 3 is 2.76 bits per heavy atom. The number of nitrogens with zero attached hydrogens (tertiary/aromatic N) is 2. The van der Waals surface area contributed by atoms with Crippen LogP contribution < -0.4 is 10.2 Å². The number of halogens is 1. The maximum absolute atomic E-state index is 6.14. The maximum Gasteiger partial charge on any atom is 0.128 e. The van der Waals surface area contributed by atoms with Crippen molar-refractivity contribution in [3.8, 4) is 0 Å². The number of pyridine rings is 1. The first kappa shape index (κ1) is 14.3. The highest BCUT2D eigenvalue weighted by atomic mass is 35.5. The molecular formula is C13H22ClN3. The molecule has 1 N–H and O–H groups in total. The molecule has 1 rings (SSSR count). The topological polar surface area (TPSA) is 28.2 Å². The average molecular weight is 256 g/mol. The number of hydrogen-bond acceptors (Lipinski definition) is 3. The van der Waals surface area contributed by atoms with Gasteiger partial charge in [0.15, 0.2) is 0 Å². The minimum absolute atomic E-state index is 0.738. The Bertz CT molecular complexity index is 341. The lowest BCUT2D eigenvalue weighted by Gasteiger charge is -2.18. The molecule has 1 heterocycles. The van der Waals surface area contributed by atoms with Crippen molar-refractivity contribution in [2.75, 3.05) is 25.0 Å². The highest BCUT2D eigenvalue weighted by Gasteiger charge is 2.06. The average Bonchev–Trinajstić information content (AvgIpc) is 2.32. The van der Waals surface area contributed by atoms with Crippen molar-refractivity contribution in [1.82, 2.24) is 10.3 Å². The van der Waals surface area contributed by atoms with E-state index in [0.29, 0.717) is 0 Å². The molecule has 96 valence electrons. The fourth-order valence-electron chi connectivity index (χ4n) is 1.66. The second-order valence-corrected chi connectivity index (χ2v) is 4.64. The van der Waals surface area contributed by atoms with Crippen LogP contribution in [0.4, 0.5) is 5.82 Å². The predicted octanol–water partition coefficient (Wildman–Crippen LogP) is 3.08. The fraction of sp³-hybridized carbons (Fsp3) is 0.615. The van der Waals surface area contributed by atoms with E-state index in [4.69, 9.17) is 11.6 Å². The SMILES string of the molecule is CCCNCc1cc(N(C)CCC)ncc1Cl. The lowest BCUT2D eigenvalue weighted by Crippen LogP contribution is -2.20. The van der Waals surface area contributed by atoms with E-state index in [1.807, 2.05) is 0 Å². The van der Waals surface area contributed by atoms with E-state index in [9.17, 15) is 0 Å². The number of hydrogen-bond donors (Lipinski definition) is 1. The molecule has 0 unspecified atom stereocenters. The van der Waals surface area contributed by atoms with E-state index >= 15 is 0 Å². The van der Waals surface area contributed by atoms with Gasteiger partial charge in [-0.05, 0) is 31.0 Å². The van der Waals surface area contributed by atoms with Crippen molar-refractivity contribution in [3.05, 3.63) is 22.8 Å². The van der Waals surface area contributed by atoms with Gasteiger partial charge < -0.3 is 10.2 Å². The van der Waals surface area contributed by atoms with Crippen LogP contribution in [-0.2, 0) is 6.54 Å². The molecule has 1 aromatic rings. The summed E-state index contributed by atoms with van der Waals surface area (Å²) in [4.78, 5) is 6.50. The van der Waals surface area contributed by atoms with Crippen LogP contribution in [0, 0.1) is 0 Å². The van der Waals surface area contributed by atoms with E-state index < -0.39 is 0 Å². The molecule has 0 fully saturated rings. The Hall–Kier alpha value is -0.800. The van der Waals surface area contributed by atoms with Crippen LogP contribution in [-0.4, -0.2) is 25.1 Å². The summed E-state index contributed by atoms with van der Waals surface area (Å²) < 4.78 is 0. The van der Waals surface area contributed by atoms with Gasteiger partial charge in [-0.15, -0.1) is 0 Å². The molecule has 0 bridgehead atoms. The summed E-state index contributed by atoms with van der Waals surface area (Å²) in [5.74, 6) is 0.990. The highest BCUT2D eigenvalue weighted by Crippen LogP contribution is 2.19. The van der Waals surface area contributed by atoms with Crippen molar-refractivity contribution in [2.24, 2.45) is 0 Å². The second kappa shape index (κ2) is 7.51. The Labute approximate surface area is 109 Å². The highest BCUT2D eigenvalue weighted by molar-refractivity contribution is 6.31. The van der Waals surface area contributed by atoms with Crippen LogP contribution >= 0.6 is 11.6 Å². The molecule has 17 heavy (non-hydrogen) atoms. The number of aromatic nitrogens is 1. The third kappa shape index (κ3) is 4.52. The molecule has 0 aliphatic rings. The number of nitrogens with one attached hydrogen (secondary N) is 1. The van der Waals surface area contributed by atoms with Crippen LogP contribution in [0.15, 0.2) is 12.3 Å². The summed E-state index contributed by atoms with van der Waals surface area (Å²) in [6.45, 7) is 7.15. The Kier molecular flexibility index (Phi) is 6.30. The third-order valence-electron chi connectivity index (χ3n) is 2.61. The van der Waals surface area contributed by atoms with Gasteiger partial charge in [0.2, 0.25) is 0 Å². The summed E-state index contributed by atoms with van der Waals surface area (Å²) in [5.41, 5.74) is 1.12. The largest absolute Gasteiger partial charge is 0.360 e. The third-order valence-corrected chi connectivity index (χ3v) is 2.95. The molecule has 0 saturated heterocycles. The molecule has 3 nitrogen and oxygen atoms in total. The van der Waals surface area contributed by atoms with Gasteiger partial charge >= 0.3 is 0 Å². The van der Waals surface area contributed by atoms with Crippen molar-refractivity contribution in [3.63, 3.8) is 0 Å². The van der Waals surface area contributed by atoms with Gasteiger partial charge in [-0.2, -0.15) is 0 Å². The minimum Gasteiger partial charge on any atom is -0.360 e. The monoisotopic (exact) mass is 255 g/mol. The Morgan fingerprint density at radius 2 is 2.12 bits per heavy atom. The molecule has 0 saturated carbocycles. The summed E-state index contributed by atoms with van der Waals surface area (Å²) in [6, 6.07) is 2.07. The summed E-state index contributed by atoms with van der Waals surface area (Å²) in [7, 11) is 2.06. The first-order valence-corrected chi connectivity index (χ1v) is 6.63. The first-order valence-electron chi connectivity index (χ1n) is 6.25. The van der Waals surface area contributed by atoms with E-state index in [-0.39, 0.29) is 0 Å². The van der Waals surface area contributed by atoms with Crippen molar-refractivity contribution in [2.45, 2.75) is 33.2 Å². The molecule has 0 aromatic carbocycles. The van der Waals surface area contributed by atoms with Crippen molar-refractivity contribution >= 4 is 17.4 Å². The molecular weight excluding hydrogens is 234 g/mol. The smallest absolute Gasteiger partial charge is 0.128 e. The summed E-state index contributed by atoms with van der Waals surface area (Å²) in [5, 5.41) is 4.10. The van der Waals surface area contributed by atoms with Crippen molar-refractivity contribution < 1.29 is 0 Å². The fourth-order valence-corrected chi connectivity index (χ4v) is 1.83. The zero-order valence-corrected chi connectivity index (χ0v) is 11.7. The van der Waals surface area contributed by atoms with Gasteiger partial charge in [0.25, 0.3) is 0 Å². The zero-order valence-electron chi connectivity index (χ0n) is 11.0. The van der Waals surface area contributed by atoms with Gasteiger partial charge in [-0.1, -0.05) is 25.4 Å². The van der Waals surface area contributed by atoms with E-state index in [1.165, 1.54) is 0 Å². The van der Waals surface area contributed by atoms with Gasteiger partial charge in [0, 0.05) is 26.3 Å². The summed E-state index contributed by atoms with van der Waals surface area (Å²) in [6.07, 6.45) is 3.99. The van der Waals surface area contributed by atoms with Gasteiger partial charge in [0.05, 0.1) is 5.02 Å². The number of anilines is 1. The molecule has 4 heteroatoms. The standard InChI is InChI=1S/C13H22ClN3/c1-4-6-15-9-11-8-13(16-10-12(11)14)17(3)7-5-2/h8,10,15H,4-7,9H2,1-3H3. The molecule has 0 spiro atoms. The molecule has 0 aliphatic heterocycles. The van der Waals surface area contributed by atoms with E-state index in [1.54, 1.807) is 6.20 Å². The second-order valence-electron chi connectivity index (χ2n) is 4.23. The molecule has 0 amide bonds. The minimum atomic E-state index is 0.738. The molecule has 1 aromatic heterocycles. The lowest BCUT2D eigenvalue weighted by molar-refractivity contribution is 0.674. The predicted molar refractivity (Wildman–Crippen MR) is 74.8 cm³/mol. The van der Waals surface area contributed by atoms with Crippen LogP contribution in [0.2, 0.25) is 5.02 Å². The normalized spacial score (nSPS) is 10.6. The lowest BCUT2D eigenvalue weighted by atomic mass is 10.2. The summed E-state index contributed by atoms with van der Waals surface area (Å²) >= 11 is 6.14. The van der Waals surface area contributed by atoms with Gasteiger partial charge in [-0.3, -0.25) is 0 Å².